The van der Waals surface area contributed by atoms with Crippen LogP contribution >= 0.6 is 0 Å². The molecular weight excluding hydrogens is 230 g/mol. The van der Waals surface area contributed by atoms with E-state index < -0.39 is 0 Å². The lowest BCUT2D eigenvalue weighted by Gasteiger charge is -2.29. The zero-order valence-electron chi connectivity index (χ0n) is 13.6. The summed E-state index contributed by atoms with van der Waals surface area (Å²) in [5, 5.41) is 3.67. The molecule has 19 heavy (non-hydrogen) atoms. The molecule has 1 aromatic carbocycles. The lowest BCUT2D eigenvalue weighted by Crippen LogP contribution is -2.37. The first-order valence-electron chi connectivity index (χ1n) is 7.75. The van der Waals surface area contributed by atoms with E-state index in [2.05, 4.69) is 65.1 Å². The molecule has 0 radical (unpaired) electrons. The summed E-state index contributed by atoms with van der Waals surface area (Å²) in [4.78, 5) is 0. The highest BCUT2D eigenvalue weighted by atomic mass is 14.9. The van der Waals surface area contributed by atoms with Crippen molar-refractivity contribution in [1.29, 1.82) is 0 Å². The van der Waals surface area contributed by atoms with Gasteiger partial charge >= 0.3 is 0 Å². The van der Waals surface area contributed by atoms with E-state index in [4.69, 9.17) is 0 Å². The molecule has 1 nitrogen and oxygen atoms in total. The van der Waals surface area contributed by atoms with E-state index in [1.54, 1.807) is 0 Å². The molecule has 1 aromatic rings. The van der Waals surface area contributed by atoms with Crippen LogP contribution in [0.2, 0.25) is 0 Å². The number of hydrogen-bond acceptors (Lipinski definition) is 1. The molecule has 1 rings (SSSR count). The number of benzene rings is 1. The Morgan fingerprint density at radius 1 is 1.11 bits per heavy atom. The van der Waals surface area contributed by atoms with Crippen molar-refractivity contribution in [3.8, 4) is 0 Å². The van der Waals surface area contributed by atoms with Crippen LogP contribution in [0.4, 0.5) is 0 Å². The summed E-state index contributed by atoms with van der Waals surface area (Å²) < 4.78 is 0. The highest BCUT2D eigenvalue weighted by Crippen LogP contribution is 2.23. The van der Waals surface area contributed by atoms with Crippen LogP contribution in [0.1, 0.15) is 50.8 Å². The minimum atomic E-state index is 0.583. The van der Waals surface area contributed by atoms with E-state index >= 15 is 0 Å². The normalized spacial score (nSPS) is 14.7. The summed E-state index contributed by atoms with van der Waals surface area (Å²) in [6.07, 6.45) is 2.39. The van der Waals surface area contributed by atoms with Gasteiger partial charge in [0.25, 0.3) is 0 Å². The Labute approximate surface area is 119 Å². The highest BCUT2D eigenvalue weighted by Gasteiger charge is 2.21. The Balaban J connectivity index is 2.80. The molecule has 108 valence electrons. The maximum absolute atomic E-state index is 3.67. The monoisotopic (exact) mass is 261 g/mol. The number of rotatable bonds is 7. The quantitative estimate of drug-likeness (QED) is 0.761. The zero-order valence-corrected chi connectivity index (χ0v) is 13.6. The zero-order chi connectivity index (χ0) is 14.4. The van der Waals surface area contributed by atoms with Crippen molar-refractivity contribution < 1.29 is 0 Å². The van der Waals surface area contributed by atoms with Crippen LogP contribution in [0, 0.1) is 25.7 Å². The van der Waals surface area contributed by atoms with Crippen molar-refractivity contribution in [2.45, 2.75) is 60.4 Å². The van der Waals surface area contributed by atoms with E-state index in [1.807, 2.05) is 0 Å². The van der Waals surface area contributed by atoms with Crippen LogP contribution in [0.15, 0.2) is 18.2 Å². The standard InChI is InChI=1S/C18H31N/c1-7-10-19-16(6)18(13(2)3)12-17-11-14(4)8-9-15(17)5/h8-9,11,13,16,18-19H,7,10,12H2,1-6H3. The van der Waals surface area contributed by atoms with E-state index in [1.165, 1.54) is 29.5 Å². The Bertz CT molecular complexity index is 381. The van der Waals surface area contributed by atoms with Gasteiger partial charge in [0.15, 0.2) is 0 Å². The second-order valence-corrected chi connectivity index (χ2v) is 6.28. The third kappa shape index (κ3) is 4.99. The predicted octanol–water partition coefficient (Wildman–Crippen LogP) is 4.51. The Hall–Kier alpha value is -0.820. The highest BCUT2D eigenvalue weighted by molar-refractivity contribution is 5.31. The number of hydrogen-bond donors (Lipinski definition) is 1. The Morgan fingerprint density at radius 3 is 2.37 bits per heavy atom. The van der Waals surface area contributed by atoms with Crippen molar-refractivity contribution in [3.05, 3.63) is 34.9 Å². The van der Waals surface area contributed by atoms with Crippen molar-refractivity contribution in [2.75, 3.05) is 6.54 Å². The minimum Gasteiger partial charge on any atom is -0.314 e. The Kier molecular flexibility index (Phi) is 6.57. The topological polar surface area (TPSA) is 12.0 Å². The lowest BCUT2D eigenvalue weighted by molar-refractivity contribution is 0.288. The second-order valence-electron chi connectivity index (χ2n) is 6.28. The second kappa shape index (κ2) is 7.69. The summed E-state index contributed by atoms with van der Waals surface area (Å²) in [6, 6.07) is 7.41. The molecule has 2 atom stereocenters. The summed E-state index contributed by atoms with van der Waals surface area (Å²) in [6.45, 7) is 14.8. The molecule has 0 aromatic heterocycles. The third-order valence-electron chi connectivity index (χ3n) is 4.18. The van der Waals surface area contributed by atoms with Gasteiger partial charge in [0, 0.05) is 6.04 Å². The van der Waals surface area contributed by atoms with Gasteiger partial charge in [-0.25, -0.2) is 0 Å². The van der Waals surface area contributed by atoms with Crippen molar-refractivity contribution >= 4 is 0 Å². The molecule has 0 aliphatic carbocycles. The predicted molar refractivity (Wildman–Crippen MR) is 85.7 cm³/mol. The van der Waals surface area contributed by atoms with Gasteiger partial charge in [-0.2, -0.15) is 0 Å². The van der Waals surface area contributed by atoms with Crippen molar-refractivity contribution in [3.63, 3.8) is 0 Å². The fraction of sp³-hybridized carbons (Fsp3) is 0.667. The van der Waals surface area contributed by atoms with Gasteiger partial charge in [-0.3, -0.25) is 0 Å². The lowest BCUT2D eigenvalue weighted by atomic mass is 9.82. The molecule has 0 heterocycles. The van der Waals surface area contributed by atoms with Gasteiger partial charge in [0.2, 0.25) is 0 Å². The average molecular weight is 261 g/mol. The molecular formula is C18H31N. The van der Waals surface area contributed by atoms with Gasteiger partial charge in [0.05, 0.1) is 0 Å². The van der Waals surface area contributed by atoms with Gasteiger partial charge in [-0.15, -0.1) is 0 Å². The van der Waals surface area contributed by atoms with Crippen molar-refractivity contribution in [1.82, 2.24) is 5.32 Å². The third-order valence-corrected chi connectivity index (χ3v) is 4.18. The molecule has 0 spiro atoms. The molecule has 0 saturated heterocycles. The maximum atomic E-state index is 3.67. The maximum Gasteiger partial charge on any atom is 0.00726 e. The first-order valence-corrected chi connectivity index (χ1v) is 7.75. The molecule has 0 amide bonds. The Morgan fingerprint density at radius 2 is 1.79 bits per heavy atom. The van der Waals surface area contributed by atoms with Gasteiger partial charge in [0.1, 0.15) is 0 Å². The van der Waals surface area contributed by atoms with Crippen LogP contribution < -0.4 is 5.32 Å². The fourth-order valence-corrected chi connectivity index (χ4v) is 2.79. The molecule has 0 bridgehead atoms. The SMILES string of the molecule is CCCNC(C)C(Cc1cc(C)ccc1C)C(C)C. The van der Waals surface area contributed by atoms with E-state index in [9.17, 15) is 0 Å². The summed E-state index contributed by atoms with van der Waals surface area (Å²) >= 11 is 0. The first-order chi connectivity index (χ1) is 8.95. The molecule has 1 N–H and O–H groups in total. The van der Waals surface area contributed by atoms with Gasteiger partial charge in [-0.1, -0.05) is 44.5 Å². The van der Waals surface area contributed by atoms with Crippen LogP contribution in [0.3, 0.4) is 0 Å². The van der Waals surface area contributed by atoms with Crippen molar-refractivity contribution in [2.24, 2.45) is 11.8 Å². The smallest absolute Gasteiger partial charge is 0.00726 e. The first kappa shape index (κ1) is 16.2. The summed E-state index contributed by atoms with van der Waals surface area (Å²) in [5.41, 5.74) is 4.32. The van der Waals surface area contributed by atoms with E-state index in [-0.39, 0.29) is 0 Å². The molecule has 0 saturated carbocycles. The minimum absolute atomic E-state index is 0.583. The van der Waals surface area contributed by atoms with Crippen LogP contribution in [-0.2, 0) is 6.42 Å². The van der Waals surface area contributed by atoms with Crippen LogP contribution in [-0.4, -0.2) is 12.6 Å². The molecule has 1 heteroatoms. The molecule has 2 unspecified atom stereocenters. The molecule has 0 fully saturated rings. The van der Waals surface area contributed by atoms with Gasteiger partial charge in [-0.05, 0) is 63.1 Å². The molecule has 0 aliphatic heterocycles. The average Bonchev–Trinajstić information content (AvgIpc) is 2.36. The summed E-state index contributed by atoms with van der Waals surface area (Å²) in [5.74, 6) is 1.41. The van der Waals surface area contributed by atoms with Crippen LogP contribution in [0.5, 0.6) is 0 Å². The van der Waals surface area contributed by atoms with Crippen LogP contribution in [0.25, 0.3) is 0 Å². The summed E-state index contributed by atoms with van der Waals surface area (Å²) in [7, 11) is 0. The largest absolute Gasteiger partial charge is 0.314 e. The number of aryl methyl sites for hydroxylation is 2. The van der Waals surface area contributed by atoms with E-state index in [0.29, 0.717) is 17.9 Å². The molecule has 0 aliphatic rings. The van der Waals surface area contributed by atoms with E-state index in [0.717, 1.165) is 6.54 Å². The fourth-order valence-electron chi connectivity index (χ4n) is 2.79. The number of nitrogens with one attached hydrogen (secondary N) is 1. The van der Waals surface area contributed by atoms with Gasteiger partial charge < -0.3 is 5.32 Å².